The minimum absolute atomic E-state index is 0.152. The molecule has 3 N–H and O–H groups in total. The van der Waals surface area contributed by atoms with Gasteiger partial charge in [-0.15, -0.1) is 0 Å². The number of hydrogen-bond donors (Lipinski definition) is 3. The van der Waals surface area contributed by atoms with E-state index in [-0.39, 0.29) is 31.6 Å². The molecule has 0 aliphatic rings. The second-order valence-electron chi connectivity index (χ2n) is 13.7. The highest BCUT2D eigenvalue weighted by Gasteiger charge is 2.14. The van der Waals surface area contributed by atoms with Gasteiger partial charge in [-0.2, -0.15) is 0 Å². The zero-order chi connectivity index (χ0) is 34.6. The van der Waals surface area contributed by atoms with Crippen molar-refractivity contribution >= 4 is 11.9 Å². The van der Waals surface area contributed by atoms with Crippen molar-refractivity contribution in [3.8, 4) is 0 Å². The number of carbonyl (C=O) groups is 2. The third-order valence-corrected chi connectivity index (χ3v) is 8.95. The summed E-state index contributed by atoms with van der Waals surface area (Å²) in [6, 6.07) is 0. The van der Waals surface area contributed by atoms with Crippen LogP contribution in [0.5, 0.6) is 0 Å². The van der Waals surface area contributed by atoms with Crippen molar-refractivity contribution in [1.29, 1.82) is 0 Å². The van der Waals surface area contributed by atoms with Gasteiger partial charge in [-0.25, -0.2) is 0 Å². The zero-order valence-electron chi connectivity index (χ0n) is 30.8. The highest BCUT2D eigenvalue weighted by Crippen LogP contribution is 2.15. The van der Waals surface area contributed by atoms with Crippen molar-refractivity contribution in [2.24, 2.45) is 0 Å². The maximum absolute atomic E-state index is 12.0. The van der Waals surface area contributed by atoms with E-state index in [0.717, 1.165) is 51.4 Å². The van der Waals surface area contributed by atoms with Crippen molar-refractivity contribution in [3.05, 3.63) is 12.2 Å². The van der Waals surface area contributed by atoms with Gasteiger partial charge < -0.3 is 24.8 Å². The van der Waals surface area contributed by atoms with Gasteiger partial charge in [-0.3, -0.25) is 9.59 Å². The van der Waals surface area contributed by atoms with Crippen LogP contribution in [0.2, 0.25) is 0 Å². The average Bonchev–Trinajstić information content (AvgIpc) is 3.07. The molecule has 0 bridgehead atoms. The summed E-state index contributed by atoms with van der Waals surface area (Å²) in [4.78, 5) is 23.9. The number of allylic oxidation sites excluding steroid dienone is 1. The van der Waals surface area contributed by atoms with Gasteiger partial charge in [0.05, 0.1) is 12.2 Å². The van der Waals surface area contributed by atoms with Crippen molar-refractivity contribution in [2.45, 2.75) is 218 Å². The summed E-state index contributed by atoms with van der Waals surface area (Å²) in [5, 5.41) is 30.2. The molecule has 0 saturated heterocycles. The Morgan fingerprint density at radius 2 is 0.872 bits per heavy atom. The maximum Gasteiger partial charge on any atom is 0.305 e. The highest BCUT2D eigenvalue weighted by molar-refractivity contribution is 5.69. The summed E-state index contributed by atoms with van der Waals surface area (Å²) in [5.41, 5.74) is 0. The van der Waals surface area contributed by atoms with E-state index in [1.54, 1.807) is 0 Å². The molecule has 7 nitrogen and oxygen atoms in total. The molecule has 0 aliphatic heterocycles. The van der Waals surface area contributed by atoms with Gasteiger partial charge in [0.25, 0.3) is 0 Å². The lowest BCUT2D eigenvalue weighted by Crippen LogP contribution is -2.25. The number of esters is 2. The van der Waals surface area contributed by atoms with Crippen LogP contribution in [0, 0.1) is 0 Å². The fraction of sp³-hybridized carbons (Fsp3) is 0.900. The minimum atomic E-state index is -1.01. The Kier molecular flexibility index (Phi) is 34.8. The van der Waals surface area contributed by atoms with E-state index in [1.807, 2.05) is 6.08 Å². The van der Waals surface area contributed by atoms with Crippen molar-refractivity contribution in [1.82, 2.24) is 0 Å². The van der Waals surface area contributed by atoms with Crippen LogP contribution in [0.1, 0.15) is 200 Å². The first kappa shape index (κ1) is 45.6. The average molecular weight is 669 g/mol. The first-order valence-corrected chi connectivity index (χ1v) is 19.9. The number of carbonyl (C=O) groups excluding carboxylic acids is 2. The van der Waals surface area contributed by atoms with E-state index in [9.17, 15) is 24.9 Å². The second kappa shape index (κ2) is 35.9. The zero-order valence-corrected chi connectivity index (χ0v) is 30.8. The number of unbranched alkanes of at least 4 members (excludes halogenated alkanes) is 22. The molecule has 0 aliphatic carbocycles. The van der Waals surface area contributed by atoms with Crippen LogP contribution in [0.25, 0.3) is 0 Å². The van der Waals surface area contributed by atoms with Crippen LogP contribution in [0.4, 0.5) is 0 Å². The van der Waals surface area contributed by atoms with Gasteiger partial charge in [-0.05, 0) is 38.5 Å². The molecule has 0 unspecified atom stereocenters. The first-order valence-electron chi connectivity index (χ1n) is 19.9. The summed E-state index contributed by atoms with van der Waals surface area (Å²) in [5.74, 6) is -0.665. The molecule has 7 heteroatoms. The van der Waals surface area contributed by atoms with Crippen LogP contribution in [0.15, 0.2) is 12.2 Å². The van der Waals surface area contributed by atoms with Crippen LogP contribution in [-0.2, 0) is 19.1 Å². The smallest absolute Gasteiger partial charge is 0.305 e. The monoisotopic (exact) mass is 669 g/mol. The summed E-state index contributed by atoms with van der Waals surface area (Å²) in [6.07, 6.45) is 32.9. The van der Waals surface area contributed by atoms with Gasteiger partial charge in [0.15, 0.2) is 0 Å². The van der Waals surface area contributed by atoms with Crippen LogP contribution in [-0.4, -0.2) is 58.8 Å². The lowest BCUT2D eigenvalue weighted by Gasteiger charge is -2.16. The van der Waals surface area contributed by atoms with Crippen LogP contribution >= 0.6 is 0 Å². The number of aliphatic hydroxyl groups is 3. The first-order chi connectivity index (χ1) is 22.9. The predicted octanol–water partition coefficient (Wildman–Crippen LogP) is 10.1. The predicted molar refractivity (Wildman–Crippen MR) is 194 cm³/mol. The molecule has 0 radical (unpaired) electrons. The molecule has 0 saturated carbocycles. The third kappa shape index (κ3) is 34.2. The molecule has 0 aromatic carbocycles. The Bertz CT molecular complexity index is 711. The lowest BCUT2D eigenvalue weighted by molar-refractivity contribution is -0.152. The molecule has 0 aromatic heterocycles. The number of ether oxygens (including phenoxy) is 2. The number of rotatable bonds is 36. The standard InChI is InChI=1S/C40H76O7/c1-3-5-7-9-11-12-13-14-15-16-17-18-19-20-24-28-32-39(44)46-34-36(41)35-47-40(45)33-29-25-21-23-27-31-38(43)37(42)30-26-22-10-8-6-4-2/h22,26,36-38,41-43H,3-21,23-25,27-35H2,1-2H3/b26-22-/t36-,37-,38-/m1/s1. The van der Waals surface area contributed by atoms with E-state index in [1.165, 1.54) is 103 Å². The van der Waals surface area contributed by atoms with E-state index < -0.39 is 18.3 Å². The lowest BCUT2D eigenvalue weighted by atomic mass is 10.0. The van der Waals surface area contributed by atoms with Gasteiger partial charge >= 0.3 is 11.9 Å². The normalized spacial score (nSPS) is 13.6. The van der Waals surface area contributed by atoms with Crippen molar-refractivity contribution in [3.63, 3.8) is 0 Å². The minimum Gasteiger partial charge on any atom is -0.463 e. The molecular formula is C40H76O7. The number of hydrogen-bond acceptors (Lipinski definition) is 7. The molecule has 0 fully saturated rings. The molecule has 0 amide bonds. The fourth-order valence-electron chi connectivity index (χ4n) is 5.76. The molecule has 3 atom stereocenters. The van der Waals surface area contributed by atoms with E-state index in [2.05, 4.69) is 19.9 Å². The third-order valence-electron chi connectivity index (χ3n) is 8.95. The van der Waals surface area contributed by atoms with Crippen LogP contribution < -0.4 is 0 Å². The summed E-state index contributed by atoms with van der Waals surface area (Å²) in [7, 11) is 0. The van der Waals surface area contributed by atoms with E-state index in [0.29, 0.717) is 25.7 Å². The van der Waals surface area contributed by atoms with Gasteiger partial charge in [0, 0.05) is 12.8 Å². The Hall–Kier alpha value is -1.44. The SMILES string of the molecule is CCCCC/C=C\C[C@@H](O)[C@H](O)CCCCCCCC(=O)OC[C@H](O)COC(=O)CCCCCCCCCCCCCCCCCC. The summed E-state index contributed by atoms with van der Waals surface area (Å²) in [6.45, 7) is 4.12. The molecule has 47 heavy (non-hydrogen) atoms. The van der Waals surface area contributed by atoms with E-state index in [4.69, 9.17) is 9.47 Å². The summed E-state index contributed by atoms with van der Waals surface area (Å²) < 4.78 is 10.3. The Morgan fingerprint density at radius 1 is 0.489 bits per heavy atom. The molecule has 0 aromatic rings. The Labute approximate surface area is 289 Å². The van der Waals surface area contributed by atoms with Gasteiger partial charge in [0.2, 0.25) is 0 Å². The Morgan fingerprint density at radius 3 is 1.32 bits per heavy atom. The second-order valence-corrected chi connectivity index (χ2v) is 13.7. The van der Waals surface area contributed by atoms with Crippen molar-refractivity contribution in [2.75, 3.05) is 13.2 Å². The fourth-order valence-corrected chi connectivity index (χ4v) is 5.76. The van der Waals surface area contributed by atoms with E-state index >= 15 is 0 Å². The summed E-state index contributed by atoms with van der Waals surface area (Å²) >= 11 is 0. The van der Waals surface area contributed by atoms with Gasteiger partial charge in [0.1, 0.15) is 19.3 Å². The molecule has 0 spiro atoms. The van der Waals surface area contributed by atoms with Gasteiger partial charge in [-0.1, -0.05) is 161 Å². The van der Waals surface area contributed by atoms with Crippen LogP contribution in [0.3, 0.4) is 0 Å². The molecule has 0 heterocycles. The number of aliphatic hydroxyl groups excluding tert-OH is 3. The Balaban J connectivity index is 3.52. The topological polar surface area (TPSA) is 113 Å². The molecule has 278 valence electrons. The quantitative estimate of drug-likeness (QED) is 0.0346. The molecule has 0 rings (SSSR count). The molecular weight excluding hydrogens is 592 g/mol. The largest absolute Gasteiger partial charge is 0.463 e. The highest BCUT2D eigenvalue weighted by atomic mass is 16.6. The maximum atomic E-state index is 12.0. The van der Waals surface area contributed by atoms with Crippen molar-refractivity contribution < 1.29 is 34.4 Å².